The molecule has 3 nitrogen and oxygen atoms in total. The number of benzene rings is 1. The molecule has 2 heterocycles. The Kier molecular flexibility index (Phi) is 5.19. The van der Waals surface area contributed by atoms with Crippen molar-refractivity contribution in [3.05, 3.63) is 33.9 Å². The lowest BCUT2D eigenvalue weighted by atomic mass is 10.2. The van der Waals surface area contributed by atoms with Gasteiger partial charge >= 0.3 is 0 Å². The van der Waals surface area contributed by atoms with Crippen LogP contribution >= 0.6 is 22.9 Å². The summed E-state index contributed by atoms with van der Waals surface area (Å²) in [5.41, 5.74) is 0. The van der Waals surface area contributed by atoms with Gasteiger partial charge in [-0.25, -0.2) is 4.39 Å². The van der Waals surface area contributed by atoms with Crippen LogP contribution in [0.4, 0.5) is 4.39 Å². The van der Waals surface area contributed by atoms with Gasteiger partial charge in [0.1, 0.15) is 10.7 Å². The number of rotatable bonds is 5. The van der Waals surface area contributed by atoms with Crippen LogP contribution in [-0.4, -0.2) is 36.5 Å². The Labute approximate surface area is 144 Å². The highest BCUT2D eigenvalue weighted by Gasteiger charge is 2.22. The summed E-state index contributed by atoms with van der Waals surface area (Å²) >= 11 is 7.54. The van der Waals surface area contributed by atoms with E-state index in [0.717, 1.165) is 24.9 Å². The summed E-state index contributed by atoms with van der Waals surface area (Å²) in [6.45, 7) is 4.98. The van der Waals surface area contributed by atoms with Gasteiger partial charge in [-0.3, -0.25) is 9.69 Å². The third-order valence-corrected chi connectivity index (χ3v) is 6.08. The Morgan fingerprint density at radius 1 is 1.43 bits per heavy atom. The summed E-state index contributed by atoms with van der Waals surface area (Å²) in [5.74, 6) is -0.489. The zero-order chi connectivity index (χ0) is 16.4. The van der Waals surface area contributed by atoms with E-state index in [9.17, 15) is 9.18 Å². The molecule has 6 heteroatoms. The monoisotopic (exact) mass is 354 g/mol. The molecule has 1 atom stereocenters. The van der Waals surface area contributed by atoms with Crippen LogP contribution in [0.3, 0.4) is 0 Å². The Hall–Kier alpha value is -1.17. The van der Waals surface area contributed by atoms with Crippen molar-refractivity contribution in [3.63, 3.8) is 0 Å². The molecule has 124 valence electrons. The van der Waals surface area contributed by atoms with E-state index in [2.05, 4.69) is 17.1 Å². The number of thiophene rings is 1. The summed E-state index contributed by atoms with van der Waals surface area (Å²) < 4.78 is 14.0. The predicted octanol–water partition coefficient (Wildman–Crippen LogP) is 4.30. The van der Waals surface area contributed by atoms with Crippen LogP contribution in [0.5, 0.6) is 0 Å². The number of likely N-dealkylation sites (tertiary alicyclic amines) is 1. The van der Waals surface area contributed by atoms with Crippen LogP contribution in [0, 0.1) is 5.82 Å². The van der Waals surface area contributed by atoms with Gasteiger partial charge in [0.2, 0.25) is 0 Å². The fourth-order valence-corrected chi connectivity index (χ4v) is 4.57. The van der Waals surface area contributed by atoms with Crippen LogP contribution in [0.15, 0.2) is 18.2 Å². The fraction of sp³-hybridized carbons (Fsp3) is 0.471. The highest BCUT2D eigenvalue weighted by molar-refractivity contribution is 7.21. The number of amides is 1. The number of carbonyl (C=O) groups excluding carboxylic acids is 1. The molecule has 0 aliphatic carbocycles. The molecule has 0 spiro atoms. The van der Waals surface area contributed by atoms with Gasteiger partial charge in [0.15, 0.2) is 0 Å². The molecule has 3 rings (SSSR count). The number of hydrogen-bond acceptors (Lipinski definition) is 3. The molecule has 0 bridgehead atoms. The van der Waals surface area contributed by atoms with Crippen molar-refractivity contribution in [2.45, 2.75) is 32.2 Å². The first-order valence-electron chi connectivity index (χ1n) is 8.00. The van der Waals surface area contributed by atoms with Crippen LogP contribution in [0.1, 0.15) is 35.9 Å². The SMILES string of the molecule is CC[C@H](CNC(=O)c1sc2cc(F)ccc2c1Cl)N1CCCC1. The molecule has 1 aromatic heterocycles. The standard InChI is InChI=1S/C17H20ClFN2OS/c1-2-12(21-7-3-4-8-21)10-20-17(22)16-15(18)13-6-5-11(19)9-14(13)23-16/h5-6,9,12H,2-4,7-8,10H2,1H3,(H,20,22)/t12-/m1/s1. The molecule has 23 heavy (non-hydrogen) atoms. The molecular weight excluding hydrogens is 335 g/mol. The van der Waals surface area contributed by atoms with Gasteiger partial charge < -0.3 is 5.32 Å². The molecule has 0 radical (unpaired) electrons. The molecule has 1 N–H and O–H groups in total. The first kappa shape index (κ1) is 16.7. The Morgan fingerprint density at radius 2 is 2.17 bits per heavy atom. The van der Waals surface area contributed by atoms with Crippen LogP contribution < -0.4 is 5.32 Å². The Morgan fingerprint density at radius 3 is 2.87 bits per heavy atom. The van der Waals surface area contributed by atoms with E-state index in [1.807, 2.05) is 0 Å². The second-order valence-corrected chi connectivity index (χ2v) is 7.33. The lowest BCUT2D eigenvalue weighted by Gasteiger charge is -2.26. The maximum Gasteiger partial charge on any atom is 0.262 e. The van der Waals surface area contributed by atoms with E-state index in [1.165, 1.54) is 36.3 Å². The molecule has 1 saturated heterocycles. The number of hydrogen-bond donors (Lipinski definition) is 1. The maximum atomic E-state index is 13.3. The van der Waals surface area contributed by atoms with E-state index in [0.29, 0.717) is 27.2 Å². The molecule has 1 aliphatic rings. The third-order valence-electron chi connectivity index (χ3n) is 4.42. The van der Waals surface area contributed by atoms with Gasteiger partial charge in [0, 0.05) is 22.7 Å². The van der Waals surface area contributed by atoms with Gasteiger partial charge in [-0.2, -0.15) is 0 Å². The molecule has 1 fully saturated rings. The first-order chi connectivity index (χ1) is 11.1. The highest BCUT2D eigenvalue weighted by Crippen LogP contribution is 2.35. The zero-order valence-electron chi connectivity index (χ0n) is 13.1. The number of nitrogens with one attached hydrogen (secondary N) is 1. The van der Waals surface area contributed by atoms with E-state index >= 15 is 0 Å². The Balaban J connectivity index is 1.71. The molecule has 0 unspecified atom stereocenters. The summed E-state index contributed by atoms with van der Waals surface area (Å²) in [6, 6.07) is 4.77. The summed E-state index contributed by atoms with van der Waals surface area (Å²) in [5, 5.41) is 4.14. The predicted molar refractivity (Wildman–Crippen MR) is 94.0 cm³/mol. The van der Waals surface area contributed by atoms with Gasteiger partial charge in [0.05, 0.1) is 5.02 Å². The fourth-order valence-electron chi connectivity index (χ4n) is 3.11. The minimum atomic E-state index is -0.317. The van der Waals surface area contributed by atoms with E-state index in [4.69, 9.17) is 11.6 Å². The average Bonchev–Trinajstić information content (AvgIpc) is 3.16. The van der Waals surface area contributed by atoms with Crippen LogP contribution in [-0.2, 0) is 0 Å². The average molecular weight is 355 g/mol. The van der Waals surface area contributed by atoms with Crippen molar-refractivity contribution < 1.29 is 9.18 Å². The molecule has 1 aromatic carbocycles. The van der Waals surface area contributed by atoms with Crippen molar-refractivity contribution in [1.29, 1.82) is 0 Å². The van der Waals surface area contributed by atoms with Gasteiger partial charge in [0.25, 0.3) is 5.91 Å². The van der Waals surface area contributed by atoms with Crippen molar-refractivity contribution in [3.8, 4) is 0 Å². The third kappa shape index (κ3) is 3.52. The van der Waals surface area contributed by atoms with Crippen LogP contribution in [0.25, 0.3) is 10.1 Å². The Bertz CT molecular complexity index is 712. The lowest BCUT2D eigenvalue weighted by Crippen LogP contribution is -2.42. The summed E-state index contributed by atoms with van der Waals surface area (Å²) in [4.78, 5) is 15.4. The first-order valence-corrected chi connectivity index (χ1v) is 9.19. The normalized spacial score (nSPS) is 16.8. The van der Waals surface area contributed by atoms with Crippen molar-refractivity contribution >= 4 is 38.9 Å². The second-order valence-electron chi connectivity index (χ2n) is 5.90. The number of nitrogens with zero attached hydrogens (tertiary/aromatic N) is 1. The van der Waals surface area contributed by atoms with E-state index < -0.39 is 0 Å². The molecule has 1 amide bonds. The quantitative estimate of drug-likeness (QED) is 0.868. The largest absolute Gasteiger partial charge is 0.350 e. The number of fused-ring (bicyclic) bond motifs is 1. The number of carbonyl (C=O) groups is 1. The maximum absolute atomic E-state index is 13.3. The molecule has 2 aromatic rings. The second kappa shape index (κ2) is 7.16. The smallest absolute Gasteiger partial charge is 0.262 e. The van der Waals surface area contributed by atoms with Crippen molar-refractivity contribution in [2.75, 3.05) is 19.6 Å². The summed E-state index contributed by atoms with van der Waals surface area (Å²) in [6.07, 6.45) is 3.47. The minimum Gasteiger partial charge on any atom is -0.350 e. The zero-order valence-corrected chi connectivity index (χ0v) is 14.6. The molecule has 1 aliphatic heterocycles. The summed E-state index contributed by atoms with van der Waals surface area (Å²) in [7, 11) is 0. The van der Waals surface area contributed by atoms with Gasteiger partial charge in [-0.05, 0) is 50.6 Å². The lowest BCUT2D eigenvalue weighted by molar-refractivity contribution is 0.0941. The molecular formula is C17H20ClFN2OS. The minimum absolute atomic E-state index is 0.172. The highest BCUT2D eigenvalue weighted by atomic mass is 35.5. The number of halogens is 2. The van der Waals surface area contributed by atoms with Crippen molar-refractivity contribution in [2.24, 2.45) is 0 Å². The van der Waals surface area contributed by atoms with Gasteiger partial charge in [-0.15, -0.1) is 11.3 Å². The van der Waals surface area contributed by atoms with E-state index in [-0.39, 0.29) is 11.7 Å². The van der Waals surface area contributed by atoms with Gasteiger partial charge in [-0.1, -0.05) is 18.5 Å². The van der Waals surface area contributed by atoms with Crippen molar-refractivity contribution in [1.82, 2.24) is 10.2 Å². The topological polar surface area (TPSA) is 32.3 Å². The molecule has 0 saturated carbocycles. The van der Waals surface area contributed by atoms with E-state index in [1.54, 1.807) is 6.07 Å². The van der Waals surface area contributed by atoms with Crippen LogP contribution in [0.2, 0.25) is 5.02 Å².